The fourth-order valence-corrected chi connectivity index (χ4v) is 4.36. The van der Waals surface area contributed by atoms with Gasteiger partial charge in [0.15, 0.2) is 0 Å². The fourth-order valence-electron chi connectivity index (χ4n) is 3.47. The second-order valence-electron chi connectivity index (χ2n) is 8.91. The van der Waals surface area contributed by atoms with Gasteiger partial charge >= 0.3 is 13.2 Å². The maximum atomic E-state index is 12.4. The zero-order valence-electron chi connectivity index (χ0n) is 18.9. The van der Waals surface area contributed by atoms with Gasteiger partial charge < -0.3 is 19.4 Å². The van der Waals surface area contributed by atoms with Crippen LogP contribution in [0.3, 0.4) is 0 Å². The molecule has 7 heteroatoms. The molecule has 3 aromatic rings. The van der Waals surface area contributed by atoms with Crippen molar-refractivity contribution in [2.75, 3.05) is 6.54 Å². The van der Waals surface area contributed by atoms with E-state index in [9.17, 15) is 4.79 Å². The maximum Gasteiger partial charge on any atom is 0.492 e. The van der Waals surface area contributed by atoms with Crippen LogP contribution in [0, 0.1) is 0 Å². The average molecular weight is 449 g/mol. The summed E-state index contributed by atoms with van der Waals surface area (Å²) in [5.74, 6) is 0. The van der Waals surface area contributed by atoms with Crippen molar-refractivity contribution in [3.63, 3.8) is 0 Å². The predicted octanol–water partition coefficient (Wildman–Crippen LogP) is 5.84. The van der Waals surface area contributed by atoms with Gasteiger partial charge in [-0.1, -0.05) is 54.6 Å². The van der Waals surface area contributed by atoms with Crippen molar-refractivity contribution < 1.29 is 18.8 Å². The topological polar surface area (TPSA) is 56.8 Å². The van der Waals surface area contributed by atoms with Crippen molar-refractivity contribution in [1.82, 2.24) is 5.32 Å². The summed E-state index contributed by atoms with van der Waals surface area (Å²) in [5, 5.41) is 6.13. The molecule has 0 unspecified atom stereocenters. The van der Waals surface area contributed by atoms with Crippen LogP contribution < -0.4 is 5.32 Å². The van der Waals surface area contributed by atoms with Gasteiger partial charge in [-0.2, -0.15) is 0 Å². The standard InChI is InChI=1S/C25H28BNO4S/c1-24(2)25(3,4)31-26(30-24)21(15-20-12-8-11-19-13-14-32-22(19)20)16-27-23(28)29-17-18-9-6-5-7-10-18/h5-15H,16-17H2,1-4H3,(H,27,28). The number of rotatable bonds is 6. The van der Waals surface area contributed by atoms with Crippen LogP contribution >= 0.6 is 11.3 Å². The number of ether oxygens (including phenoxy) is 1. The Bertz CT molecular complexity index is 1110. The van der Waals surface area contributed by atoms with E-state index in [2.05, 4.69) is 35.0 Å². The van der Waals surface area contributed by atoms with Crippen molar-refractivity contribution in [3.05, 3.63) is 76.6 Å². The first-order valence-corrected chi connectivity index (χ1v) is 11.6. The molecule has 1 amide bonds. The molecule has 1 fully saturated rings. The maximum absolute atomic E-state index is 12.4. The Morgan fingerprint density at radius 1 is 1.03 bits per heavy atom. The molecule has 0 atom stereocenters. The average Bonchev–Trinajstić information content (AvgIpc) is 3.32. The smallest absolute Gasteiger partial charge is 0.445 e. The van der Waals surface area contributed by atoms with Gasteiger partial charge in [-0.15, -0.1) is 11.3 Å². The van der Waals surface area contributed by atoms with Gasteiger partial charge in [0, 0.05) is 11.2 Å². The van der Waals surface area contributed by atoms with Gasteiger partial charge in [0.05, 0.1) is 11.2 Å². The van der Waals surface area contributed by atoms with Crippen LogP contribution in [0.2, 0.25) is 0 Å². The van der Waals surface area contributed by atoms with Gasteiger partial charge in [0.1, 0.15) is 6.61 Å². The molecule has 0 spiro atoms. The van der Waals surface area contributed by atoms with Gasteiger partial charge in [-0.25, -0.2) is 4.79 Å². The van der Waals surface area contributed by atoms with Crippen molar-refractivity contribution in [1.29, 1.82) is 0 Å². The molecule has 0 saturated carbocycles. The molecular formula is C25H28BNO4S. The van der Waals surface area contributed by atoms with Crippen LogP contribution in [-0.4, -0.2) is 31.0 Å². The summed E-state index contributed by atoms with van der Waals surface area (Å²) in [6, 6.07) is 17.9. The molecule has 32 heavy (non-hydrogen) atoms. The monoisotopic (exact) mass is 449 g/mol. The molecule has 1 aliphatic heterocycles. The minimum atomic E-state index is -0.565. The highest BCUT2D eigenvalue weighted by Gasteiger charge is 2.52. The second-order valence-corrected chi connectivity index (χ2v) is 9.83. The van der Waals surface area contributed by atoms with Crippen LogP contribution in [-0.2, 0) is 20.7 Å². The highest BCUT2D eigenvalue weighted by atomic mass is 32.1. The first-order valence-electron chi connectivity index (χ1n) is 10.7. The molecule has 5 nitrogen and oxygen atoms in total. The number of benzene rings is 2. The second kappa shape index (κ2) is 9.10. The van der Waals surface area contributed by atoms with Gasteiger partial charge in [0.25, 0.3) is 0 Å². The fraction of sp³-hybridized carbons (Fsp3) is 0.320. The van der Waals surface area contributed by atoms with Crippen LogP contribution in [0.1, 0.15) is 38.8 Å². The molecule has 2 heterocycles. The summed E-state index contributed by atoms with van der Waals surface area (Å²) in [6.07, 6.45) is 1.57. The molecule has 0 aliphatic carbocycles. The van der Waals surface area contributed by atoms with Crippen molar-refractivity contribution in [2.24, 2.45) is 0 Å². The molecule has 2 aromatic carbocycles. The summed E-state index contributed by atoms with van der Waals surface area (Å²) >= 11 is 1.69. The normalized spacial score (nSPS) is 17.5. The lowest BCUT2D eigenvalue weighted by Crippen LogP contribution is -2.41. The third-order valence-corrected chi connectivity index (χ3v) is 7.04. The van der Waals surface area contributed by atoms with Crippen LogP contribution in [0.5, 0.6) is 0 Å². The Kier molecular flexibility index (Phi) is 6.42. The van der Waals surface area contributed by atoms with Crippen LogP contribution in [0.25, 0.3) is 16.2 Å². The van der Waals surface area contributed by atoms with E-state index in [1.807, 2.05) is 64.1 Å². The molecule has 4 rings (SSSR count). The van der Waals surface area contributed by atoms with Gasteiger partial charge in [0.2, 0.25) is 0 Å². The Balaban J connectivity index is 1.53. The Morgan fingerprint density at radius 2 is 1.75 bits per heavy atom. The molecule has 0 bridgehead atoms. The third kappa shape index (κ3) is 4.90. The minimum Gasteiger partial charge on any atom is -0.445 e. The Morgan fingerprint density at radius 3 is 2.47 bits per heavy atom. The van der Waals surface area contributed by atoms with Crippen molar-refractivity contribution >= 4 is 40.7 Å². The molecule has 1 saturated heterocycles. The summed E-state index contributed by atoms with van der Waals surface area (Å²) in [7, 11) is -0.565. The van der Waals surface area contributed by atoms with Gasteiger partial charge in [-0.05, 0) is 61.1 Å². The number of alkyl carbamates (subject to hydrolysis) is 1. The number of fused-ring (bicyclic) bond motifs is 1. The number of carbonyl (C=O) groups is 1. The van der Waals surface area contributed by atoms with E-state index < -0.39 is 24.4 Å². The van der Waals surface area contributed by atoms with Gasteiger partial charge in [-0.3, -0.25) is 0 Å². The Hall–Kier alpha value is -2.61. The third-order valence-electron chi connectivity index (χ3n) is 6.06. The molecule has 1 N–H and O–H groups in total. The molecular weight excluding hydrogens is 421 g/mol. The number of hydrogen-bond acceptors (Lipinski definition) is 5. The molecule has 0 radical (unpaired) electrons. The number of amides is 1. The quantitative estimate of drug-likeness (QED) is 0.480. The molecule has 166 valence electrons. The SMILES string of the molecule is CC1(C)OB(C(=Cc2cccc3ccsc23)CNC(=O)OCc2ccccc2)OC1(C)C. The summed E-state index contributed by atoms with van der Waals surface area (Å²) in [4.78, 5) is 12.4. The Labute approximate surface area is 193 Å². The number of nitrogens with one attached hydrogen (secondary N) is 1. The van der Waals surface area contributed by atoms with E-state index in [1.54, 1.807) is 11.3 Å². The lowest BCUT2D eigenvalue weighted by molar-refractivity contribution is 0.00578. The first kappa shape index (κ1) is 22.6. The van der Waals surface area contributed by atoms with E-state index >= 15 is 0 Å². The zero-order valence-corrected chi connectivity index (χ0v) is 19.7. The van der Waals surface area contributed by atoms with E-state index in [1.165, 1.54) is 10.1 Å². The lowest BCUT2D eigenvalue weighted by Gasteiger charge is -2.32. The number of thiophene rings is 1. The van der Waals surface area contributed by atoms with Crippen LogP contribution in [0.15, 0.2) is 65.4 Å². The first-order chi connectivity index (χ1) is 15.2. The zero-order chi connectivity index (χ0) is 22.8. The highest BCUT2D eigenvalue weighted by molar-refractivity contribution is 7.17. The largest absolute Gasteiger partial charge is 0.492 e. The molecule has 1 aromatic heterocycles. The predicted molar refractivity (Wildman–Crippen MR) is 131 cm³/mol. The minimum absolute atomic E-state index is 0.219. The molecule has 1 aliphatic rings. The summed E-state index contributed by atoms with van der Waals surface area (Å²) in [6.45, 7) is 8.56. The summed E-state index contributed by atoms with van der Waals surface area (Å²) < 4.78 is 19.1. The summed E-state index contributed by atoms with van der Waals surface area (Å²) in [5.41, 5.74) is 1.90. The van der Waals surface area contributed by atoms with Crippen LogP contribution in [0.4, 0.5) is 4.79 Å². The van der Waals surface area contributed by atoms with E-state index in [0.717, 1.165) is 16.6 Å². The highest BCUT2D eigenvalue weighted by Crippen LogP contribution is 2.39. The van der Waals surface area contributed by atoms with E-state index in [-0.39, 0.29) is 13.2 Å². The number of hydrogen-bond donors (Lipinski definition) is 1. The van der Waals surface area contributed by atoms with E-state index in [4.69, 9.17) is 14.0 Å². The lowest BCUT2D eigenvalue weighted by atomic mass is 9.77. The van der Waals surface area contributed by atoms with Crippen molar-refractivity contribution in [3.8, 4) is 0 Å². The van der Waals surface area contributed by atoms with Crippen molar-refractivity contribution in [2.45, 2.75) is 45.5 Å². The number of carbonyl (C=O) groups excluding carboxylic acids is 1. The van der Waals surface area contributed by atoms with E-state index in [0.29, 0.717) is 0 Å².